The van der Waals surface area contributed by atoms with E-state index in [9.17, 15) is 24.0 Å². The zero-order valence-corrected chi connectivity index (χ0v) is 38.4. The van der Waals surface area contributed by atoms with Crippen LogP contribution in [0.2, 0.25) is 0 Å². The molecule has 0 bridgehead atoms. The number of aromatic carboxylic acids is 1. The minimum Gasteiger partial charge on any atom is -1.00 e. The summed E-state index contributed by atoms with van der Waals surface area (Å²) in [6.07, 6.45) is 5.22. The Hall–Kier alpha value is -5.32. The number of hydrogen-bond acceptors (Lipinski definition) is 13. The molecule has 0 aromatic heterocycles. The molecular formula is C45H62BrF3LiO14-. The largest absolute Gasteiger partial charge is 1.00 e. The summed E-state index contributed by atoms with van der Waals surface area (Å²) in [4.78, 5) is 54.8. The van der Waals surface area contributed by atoms with Gasteiger partial charge in [-0.2, -0.15) is 0 Å². The Bertz CT molecular complexity index is 1840. The molecule has 0 aliphatic rings. The van der Waals surface area contributed by atoms with Crippen LogP contribution in [-0.4, -0.2) is 110 Å². The van der Waals surface area contributed by atoms with Crippen LogP contribution >= 0.6 is 0 Å². The SMILES string of the molecule is C.CCOC.CO/C=C/c1ccccc1C(=O)OC.COC(=O)c1ccccc1C=O.COCCc1ccccc1C(=O)O.COCCc1ccccc1C(=O)OC.F.FF.[Br-].[HH].[Li+].[OH-]. The van der Waals surface area contributed by atoms with Crippen molar-refractivity contribution in [1.29, 1.82) is 0 Å². The van der Waals surface area contributed by atoms with Crippen molar-refractivity contribution in [2.45, 2.75) is 27.2 Å². The minimum absolute atomic E-state index is 0. The van der Waals surface area contributed by atoms with Gasteiger partial charge in [-0.05, 0) is 66.8 Å². The molecular weight excluding hydrogens is 908 g/mol. The van der Waals surface area contributed by atoms with Crippen LogP contribution in [0.1, 0.15) is 84.3 Å². The Morgan fingerprint density at radius 1 is 0.594 bits per heavy atom. The number of hydrogen-bond donors (Lipinski definition) is 1. The first-order chi connectivity index (χ1) is 28.5. The van der Waals surface area contributed by atoms with Gasteiger partial charge in [-0.3, -0.25) is 9.50 Å². The third kappa shape index (κ3) is 30.7. The standard InChI is InChI=1S/C11H14O3.C11H12O3.C10H12O3.C9H8O3.C3H8O.CH4.BrH.F2.FH.Li.H2O.H2/c2*1-13-8-7-9-5-3-4-6-10(9)11(12)14-2;1-13-7-6-8-4-2-3-5-9(8)10(11)12;1-12-9(11)8-5-3-2-4-7(8)6-10;1-3-4-2;;;1-2;;;;/h3-6H,7-8H2,1-2H3;3-8H,1-2H3;2-5H,6-7H2,1H3,(H,11,12);2-6H,1H3;3H2,1-2H3;1H4;1H;;1H;;1H2;1H/q;;;;;;;;;+1;;/p-2/b;8-7+;;;;;;;;;;. The Morgan fingerprint density at radius 2 is 0.922 bits per heavy atom. The number of carbonyl (C=O) groups excluding carboxylic acids is 4. The summed E-state index contributed by atoms with van der Waals surface area (Å²) in [5, 5.41) is 8.82. The number of carboxylic acid groups (broad SMARTS) is 1. The molecule has 64 heavy (non-hydrogen) atoms. The summed E-state index contributed by atoms with van der Waals surface area (Å²) in [7, 11) is 10.5. The molecule has 0 fully saturated rings. The second-order valence-electron chi connectivity index (χ2n) is 11.0. The molecule has 19 heteroatoms. The molecule has 0 atom stereocenters. The van der Waals surface area contributed by atoms with Crippen molar-refractivity contribution >= 4 is 36.2 Å². The van der Waals surface area contributed by atoms with Crippen molar-refractivity contribution in [1.82, 2.24) is 0 Å². The van der Waals surface area contributed by atoms with Crippen molar-refractivity contribution in [3.63, 3.8) is 0 Å². The number of benzene rings is 4. The van der Waals surface area contributed by atoms with Crippen LogP contribution in [0.15, 0.2) is 103 Å². The number of aldehydes is 1. The van der Waals surface area contributed by atoms with E-state index in [0.717, 1.165) is 29.7 Å². The Labute approximate surface area is 398 Å². The van der Waals surface area contributed by atoms with Gasteiger partial charge in [-0.25, -0.2) is 19.2 Å². The topological polar surface area (TPSA) is 200 Å². The van der Waals surface area contributed by atoms with Crippen LogP contribution < -0.4 is 35.8 Å². The zero-order chi connectivity index (χ0) is 44.8. The monoisotopic (exact) mass is 969 g/mol. The molecule has 0 amide bonds. The number of rotatable bonds is 14. The summed E-state index contributed by atoms with van der Waals surface area (Å²) in [6.45, 7) is 3.93. The quantitative estimate of drug-likeness (QED) is 0.0636. The normalized spacial score (nSPS) is 8.66. The van der Waals surface area contributed by atoms with E-state index in [1.807, 2.05) is 49.4 Å². The van der Waals surface area contributed by atoms with Gasteiger partial charge < -0.3 is 60.7 Å². The van der Waals surface area contributed by atoms with Gasteiger partial charge in [0.1, 0.15) is 0 Å². The maximum Gasteiger partial charge on any atom is 1.00 e. The van der Waals surface area contributed by atoms with Crippen molar-refractivity contribution in [2.24, 2.45) is 0 Å². The van der Waals surface area contributed by atoms with Gasteiger partial charge in [-0.1, -0.05) is 80.2 Å². The Morgan fingerprint density at radius 3 is 1.28 bits per heavy atom. The van der Waals surface area contributed by atoms with Crippen LogP contribution in [0.4, 0.5) is 13.9 Å². The van der Waals surface area contributed by atoms with E-state index in [1.165, 1.54) is 27.6 Å². The second kappa shape index (κ2) is 48.7. The summed E-state index contributed by atoms with van der Waals surface area (Å²) in [5.41, 5.74) is 4.72. The summed E-state index contributed by atoms with van der Waals surface area (Å²) < 4.78 is 49.0. The van der Waals surface area contributed by atoms with E-state index in [4.69, 9.17) is 28.5 Å². The van der Waals surface area contributed by atoms with E-state index in [-0.39, 0.29) is 66.8 Å². The van der Waals surface area contributed by atoms with Gasteiger partial charge in [0.15, 0.2) is 6.29 Å². The fourth-order valence-corrected chi connectivity index (χ4v) is 4.39. The number of halogens is 4. The number of carbonyl (C=O) groups is 5. The molecule has 14 nitrogen and oxygen atoms in total. The molecule has 0 heterocycles. The molecule has 0 aliphatic carbocycles. The first-order valence-corrected chi connectivity index (χ1v) is 17.6. The third-order valence-corrected chi connectivity index (χ3v) is 7.35. The summed E-state index contributed by atoms with van der Waals surface area (Å²) >= 11 is 0. The molecule has 0 unspecified atom stereocenters. The van der Waals surface area contributed by atoms with Crippen LogP contribution in [0.3, 0.4) is 0 Å². The van der Waals surface area contributed by atoms with Crippen LogP contribution in [0, 0.1) is 0 Å². The van der Waals surface area contributed by atoms with Gasteiger partial charge in [0.05, 0.1) is 70.2 Å². The zero-order valence-electron chi connectivity index (χ0n) is 36.8. The van der Waals surface area contributed by atoms with Crippen molar-refractivity contribution in [2.75, 3.05) is 69.6 Å². The third-order valence-electron chi connectivity index (χ3n) is 7.35. The maximum atomic E-state index is 11.3. The molecule has 4 aromatic rings. The van der Waals surface area contributed by atoms with Crippen molar-refractivity contribution in [3.8, 4) is 0 Å². The van der Waals surface area contributed by atoms with Gasteiger partial charge in [0.25, 0.3) is 0 Å². The van der Waals surface area contributed by atoms with Gasteiger partial charge in [0.2, 0.25) is 0 Å². The molecule has 0 spiro atoms. The van der Waals surface area contributed by atoms with E-state index >= 15 is 0 Å². The Balaban J connectivity index is -0.000000104. The number of carboxylic acids is 1. The number of ether oxygens (including phenoxy) is 7. The average Bonchev–Trinajstić information content (AvgIpc) is 3.30. The molecule has 0 saturated carbocycles. The predicted octanol–water partition coefficient (Wildman–Crippen LogP) is 2.97. The first kappa shape index (κ1) is 73.1. The average molecular weight is 971 g/mol. The molecule has 0 aliphatic heterocycles. The second-order valence-corrected chi connectivity index (χ2v) is 11.0. The van der Waals surface area contributed by atoms with E-state index in [0.29, 0.717) is 53.7 Å². The predicted molar refractivity (Wildman–Crippen MR) is 232 cm³/mol. The summed E-state index contributed by atoms with van der Waals surface area (Å²) in [6, 6.07) is 28.0. The molecule has 2 N–H and O–H groups in total. The first-order valence-electron chi connectivity index (χ1n) is 17.6. The van der Waals surface area contributed by atoms with Gasteiger partial charge in [-0.15, -0.1) is 0 Å². The van der Waals surface area contributed by atoms with Crippen molar-refractivity contribution < 1.29 is 119 Å². The molecule has 4 rings (SSSR count). The van der Waals surface area contributed by atoms with Gasteiger partial charge in [0, 0.05) is 44.1 Å². The maximum absolute atomic E-state index is 11.3. The van der Waals surface area contributed by atoms with Crippen LogP contribution in [0.5, 0.6) is 0 Å². The fourth-order valence-electron chi connectivity index (χ4n) is 4.39. The van der Waals surface area contributed by atoms with E-state index in [2.05, 4.69) is 18.9 Å². The van der Waals surface area contributed by atoms with Crippen LogP contribution in [-0.2, 0) is 46.0 Å². The number of esters is 3. The molecule has 0 radical (unpaired) electrons. The molecule has 0 saturated heterocycles. The summed E-state index contributed by atoms with van der Waals surface area (Å²) in [5.74, 6) is -2.01. The van der Waals surface area contributed by atoms with E-state index in [1.54, 1.807) is 89.1 Å². The molecule has 356 valence electrons. The number of methoxy groups -OCH3 is 7. The van der Waals surface area contributed by atoms with Crippen molar-refractivity contribution in [3.05, 3.63) is 148 Å². The Kier molecular flexibility index (Phi) is 55.6. The minimum atomic E-state index is -0.883. The fraction of sp³-hybridized carbons (Fsp3) is 0.311. The molecule has 4 aromatic carbocycles. The van der Waals surface area contributed by atoms with E-state index < -0.39 is 11.9 Å². The van der Waals surface area contributed by atoms with Crippen LogP contribution in [0.25, 0.3) is 6.08 Å². The van der Waals surface area contributed by atoms with Gasteiger partial charge >= 0.3 is 42.7 Å². The smallest absolute Gasteiger partial charge is 1.00 e.